The maximum Gasteiger partial charge on any atom is 0.250 e. The molecule has 0 atom stereocenters. The van der Waals surface area contributed by atoms with Crippen molar-refractivity contribution in [3.8, 4) is 0 Å². The SMILES string of the molecule is NCCCn1ccc(CN)cc1=O. The molecule has 1 aromatic rings. The molecule has 0 radical (unpaired) electrons. The highest BCUT2D eigenvalue weighted by Crippen LogP contribution is 1.93. The van der Waals surface area contributed by atoms with Gasteiger partial charge in [-0.15, -0.1) is 0 Å². The van der Waals surface area contributed by atoms with Gasteiger partial charge in [0.25, 0.3) is 5.56 Å². The molecule has 1 heterocycles. The van der Waals surface area contributed by atoms with Gasteiger partial charge in [0.2, 0.25) is 0 Å². The molecular weight excluding hydrogens is 166 g/mol. The molecule has 13 heavy (non-hydrogen) atoms. The van der Waals surface area contributed by atoms with Crippen LogP contribution in [0.2, 0.25) is 0 Å². The van der Waals surface area contributed by atoms with Gasteiger partial charge >= 0.3 is 0 Å². The van der Waals surface area contributed by atoms with Crippen LogP contribution in [0.5, 0.6) is 0 Å². The van der Waals surface area contributed by atoms with Gasteiger partial charge in [0.15, 0.2) is 0 Å². The highest BCUT2D eigenvalue weighted by molar-refractivity contribution is 5.10. The Bertz CT molecular complexity index is 319. The van der Waals surface area contributed by atoms with Gasteiger partial charge in [-0.05, 0) is 24.6 Å². The number of nitrogens with two attached hydrogens (primary N) is 2. The largest absolute Gasteiger partial charge is 0.330 e. The summed E-state index contributed by atoms with van der Waals surface area (Å²) in [6.45, 7) is 1.69. The molecule has 0 aliphatic heterocycles. The predicted octanol–water partition coefficient (Wildman–Crippen LogP) is -0.344. The number of aryl methyl sites for hydroxylation is 1. The molecule has 1 rings (SSSR count). The number of hydrogen-bond acceptors (Lipinski definition) is 3. The van der Waals surface area contributed by atoms with Crippen LogP contribution in [-0.4, -0.2) is 11.1 Å². The molecule has 0 spiro atoms. The smallest absolute Gasteiger partial charge is 0.250 e. The van der Waals surface area contributed by atoms with Crippen molar-refractivity contribution in [3.63, 3.8) is 0 Å². The van der Waals surface area contributed by atoms with E-state index in [0.717, 1.165) is 12.0 Å². The number of rotatable bonds is 4. The van der Waals surface area contributed by atoms with Crippen LogP contribution in [0.3, 0.4) is 0 Å². The summed E-state index contributed by atoms with van der Waals surface area (Å²) in [6, 6.07) is 3.43. The lowest BCUT2D eigenvalue weighted by Gasteiger charge is -2.04. The lowest BCUT2D eigenvalue weighted by atomic mass is 10.2. The Morgan fingerprint density at radius 1 is 1.38 bits per heavy atom. The van der Waals surface area contributed by atoms with Crippen LogP contribution in [0.25, 0.3) is 0 Å². The van der Waals surface area contributed by atoms with Crippen LogP contribution in [-0.2, 0) is 13.1 Å². The van der Waals surface area contributed by atoms with E-state index in [1.807, 2.05) is 6.07 Å². The first-order valence-electron chi connectivity index (χ1n) is 4.37. The van der Waals surface area contributed by atoms with Crippen molar-refractivity contribution in [2.75, 3.05) is 6.54 Å². The average Bonchev–Trinajstić information content (AvgIpc) is 2.16. The average molecular weight is 181 g/mol. The summed E-state index contributed by atoms with van der Waals surface area (Å²) in [4.78, 5) is 11.4. The summed E-state index contributed by atoms with van der Waals surface area (Å²) >= 11 is 0. The summed E-state index contributed by atoms with van der Waals surface area (Å²) in [5.74, 6) is 0. The molecule has 0 bridgehead atoms. The Kier molecular flexibility index (Phi) is 3.67. The molecule has 72 valence electrons. The van der Waals surface area contributed by atoms with Gasteiger partial charge in [-0.25, -0.2) is 0 Å². The third-order valence-electron chi connectivity index (χ3n) is 1.90. The van der Waals surface area contributed by atoms with E-state index in [1.54, 1.807) is 16.8 Å². The molecule has 4 nitrogen and oxygen atoms in total. The maximum absolute atomic E-state index is 11.4. The summed E-state index contributed by atoms with van der Waals surface area (Å²) in [5, 5.41) is 0. The van der Waals surface area contributed by atoms with Crippen molar-refractivity contribution >= 4 is 0 Å². The predicted molar refractivity (Wildman–Crippen MR) is 52.3 cm³/mol. The number of hydrogen-bond donors (Lipinski definition) is 2. The maximum atomic E-state index is 11.4. The number of aromatic nitrogens is 1. The Morgan fingerprint density at radius 2 is 2.15 bits per heavy atom. The van der Waals surface area contributed by atoms with Crippen molar-refractivity contribution in [1.82, 2.24) is 4.57 Å². The molecule has 0 unspecified atom stereocenters. The van der Waals surface area contributed by atoms with Crippen molar-refractivity contribution in [1.29, 1.82) is 0 Å². The minimum Gasteiger partial charge on any atom is -0.330 e. The first kappa shape index (κ1) is 9.95. The zero-order valence-electron chi connectivity index (χ0n) is 7.57. The monoisotopic (exact) mass is 181 g/mol. The fourth-order valence-electron chi connectivity index (χ4n) is 1.12. The Morgan fingerprint density at radius 3 is 2.69 bits per heavy atom. The van der Waals surface area contributed by atoms with Crippen LogP contribution in [0.4, 0.5) is 0 Å². The van der Waals surface area contributed by atoms with E-state index < -0.39 is 0 Å². The topological polar surface area (TPSA) is 74.0 Å². The third-order valence-corrected chi connectivity index (χ3v) is 1.90. The van der Waals surface area contributed by atoms with Gasteiger partial charge in [-0.3, -0.25) is 4.79 Å². The molecular formula is C9H15N3O. The normalized spacial score (nSPS) is 10.3. The number of pyridine rings is 1. The van der Waals surface area contributed by atoms with Crippen LogP contribution in [0, 0.1) is 0 Å². The summed E-state index contributed by atoms with van der Waals surface area (Å²) in [7, 11) is 0. The first-order valence-corrected chi connectivity index (χ1v) is 4.37. The van der Waals surface area contributed by atoms with Crippen molar-refractivity contribution in [3.05, 3.63) is 34.2 Å². The van der Waals surface area contributed by atoms with Gasteiger partial charge in [0.05, 0.1) is 0 Å². The van der Waals surface area contributed by atoms with E-state index in [2.05, 4.69) is 0 Å². The highest BCUT2D eigenvalue weighted by Gasteiger charge is 1.96. The third kappa shape index (κ3) is 2.68. The molecule has 0 saturated carbocycles. The van der Waals surface area contributed by atoms with E-state index in [9.17, 15) is 4.79 Å². The van der Waals surface area contributed by atoms with Crippen LogP contribution < -0.4 is 17.0 Å². The van der Waals surface area contributed by atoms with Crippen molar-refractivity contribution in [2.45, 2.75) is 19.5 Å². The highest BCUT2D eigenvalue weighted by atomic mass is 16.1. The summed E-state index contributed by atoms with van der Waals surface area (Å²) in [5.41, 5.74) is 11.6. The molecule has 4 N–H and O–H groups in total. The van der Waals surface area contributed by atoms with Gasteiger partial charge < -0.3 is 16.0 Å². The molecule has 1 aromatic heterocycles. The molecule has 0 aliphatic carbocycles. The van der Waals surface area contributed by atoms with Crippen LogP contribution in [0.15, 0.2) is 23.1 Å². The minimum absolute atomic E-state index is 0.00333. The second-order valence-electron chi connectivity index (χ2n) is 2.91. The van der Waals surface area contributed by atoms with Gasteiger partial charge in [0, 0.05) is 25.4 Å². The Hall–Kier alpha value is -1.13. The minimum atomic E-state index is -0.00333. The van der Waals surface area contributed by atoms with Gasteiger partial charge in [-0.1, -0.05) is 0 Å². The second kappa shape index (κ2) is 4.79. The van der Waals surface area contributed by atoms with Gasteiger partial charge in [-0.2, -0.15) is 0 Å². The zero-order valence-corrected chi connectivity index (χ0v) is 7.57. The van der Waals surface area contributed by atoms with Crippen LogP contribution >= 0.6 is 0 Å². The van der Waals surface area contributed by atoms with E-state index in [1.165, 1.54) is 0 Å². The van der Waals surface area contributed by atoms with Crippen molar-refractivity contribution in [2.24, 2.45) is 11.5 Å². The molecule has 0 aliphatic rings. The first-order chi connectivity index (χ1) is 6.27. The van der Waals surface area contributed by atoms with E-state index in [0.29, 0.717) is 19.6 Å². The fourth-order valence-corrected chi connectivity index (χ4v) is 1.12. The van der Waals surface area contributed by atoms with Gasteiger partial charge in [0.1, 0.15) is 0 Å². The Labute approximate surface area is 77.2 Å². The van der Waals surface area contributed by atoms with Crippen LogP contribution in [0.1, 0.15) is 12.0 Å². The van der Waals surface area contributed by atoms with E-state index >= 15 is 0 Å². The molecule has 0 fully saturated rings. The molecule has 0 amide bonds. The molecule has 4 heteroatoms. The van der Waals surface area contributed by atoms with E-state index in [4.69, 9.17) is 11.5 Å². The lowest BCUT2D eigenvalue weighted by molar-refractivity contribution is 0.628. The summed E-state index contributed by atoms with van der Waals surface area (Å²) < 4.78 is 1.64. The zero-order chi connectivity index (χ0) is 9.68. The van der Waals surface area contributed by atoms with Crippen molar-refractivity contribution < 1.29 is 0 Å². The fraction of sp³-hybridized carbons (Fsp3) is 0.444. The van der Waals surface area contributed by atoms with E-state index in [-0.39, 0.29) is 5.56 Å². The summed E-state index contributed by atoms with van der Waals surface area (Å²) in [6.07, 6.45) is 2.59. The Balaban J connectivity index is 2.80. The quantitative estimate of drug-likeness (QED) is 0.667. The molecule has 0 aromatic carbocycles. The molecule has 0 saturated heterocycles. The second-order valence-corrected chi connectivity index (χ2v) is 2.91. The number of nitrogens with zero attached hydrogens (tertiary/aromatic N) is 1. The standard InChI is InChI=1S/C9H15N3O/c10-3-1-4-12-5-2-8(7-11)6-9(12)13/h2,5-6H,1,3-4,7,10-11H2. The lowest BCUT2D eigenvalue weighted by Crippen LogP contribution is -2.21.